The zero-order valence-electron chi connectivity index (χ0n) is 16.5. The molecule has 156 valence electrons. The van der Waals surface area contributed by atoms with Crippen LogP contribution in [0.3, 0.4) is 0 Å². The van der Waals surface area contributed by atoms with Crippen LogP contribution in [0.4, 0.5) is 10.5 Å². The Kier molecular flexibility index (Phi) is 6.69. The molecule has 4 rings (SSSR count). The number of hydrogen-bond donors (Lipinski definition) is 0. The highest BCUT2D eigenvalue weighted by Gasteiger charge is 2.36. The van der Waals surface area contributed by atoms with Gasteiger partial charge in [-0.3, -0.25) is 9.59 Å². The average molecular weight is 562 g/mol. The molecule has 7 heteroatoms. The van der Waals surface area contributed by atoms with Crippen molar-refractivity contribution in [3.63, 3.8) is 0 Å². The first-order valence-electron chi connectivity index (χ1n) is 9.42. The third-order valence-electron chi connectivity index (χ3n) is 4.61. The molecular weight excluding hydrogens is 545 g/mol. The molecule has 1 aliphatic rings. The standard InChI is InChI=1S/C24H17ClINO3S/c1-15-3-2-4-17(11-15)14-30-21-10-5-16(12-20(21)26)13-22-23(28)27(24(29)31-22)19-8-6-18(25)7-9-19/h2-13H,14H2,1H3/b22-13+. The summed E-state index contributed by atoms with van der Waals surface area (Å²) in [5.74, 6) is 0.431. The van der Waals surface area contributed by atoms with E-state index in [-0.39, 0.29) is 11.1 Å². The minimum Gasteiger partial charge on any atom is -0.488 e. The Balaban J connectivity index is 1.49. The van der Waals surface area contributed by atoms with Crippen molar-refractivity contribution in [1.82, 2.24) is 0 Å². The Morgan fingerprint density at radius 3 is 2.55 bits per heavy atom. The normalized spacial score (nSPS) is 15.1. The summed E-state index contributed by atoms with van der Waals surface area (Å²) in [6.45, 7) is 2.54. The molecule has 1 heterocycles. The summed E-state index contributed by atoms with van der Waals surface area (Å²) < 4.78 is 6.88. The molecule has 31 heavy (non-hydrogen) atoms. The van der Waals surface area contributed by atoms with Crippen molar-refractivity contribution in [2.75, 3.05) is 4.90 Å². The van der Waals surface area contributed by atoms with Crippen LogP contribution in [0.5, 0.6) is 5.75 Å². The molecule has 1 saturated heterocycles. The van der Waals surface area contributed by atoms with E-state index in [0.29, 0.717) is 22.2 Å². The second-order valence-electron chi connectivity index (χ2n) is 6.96. The van der Waals surface area contributed by atoms with Crippen molar-refractivity contribution in [2.24, 2.45) is 0 Å². The van der Waals surface area contributed by atoms with Crippen LogP contribution in [0.2, 0.25) is 5.02 Å². The first-order chi connectivity index (χ1) is 14.9. The van der Waals surface area contributed by atoms with Crippen LogP contribution in [-0.2, 0) is 11.4 Å². The van der Waals surface area contributed by atoms with E-state index in [2.05, 4.69) is 41.6 Å². The Morgan fingerprint density at radius 1 is 1.06 bits per heavy atom. The second-order valence-corrected chi connectivity index (χ2v) is 9.55. The van der Waals surface area contributed by atoms with Gasteiger partial charge in [0.05, 0.1) is 14.2 Å². The van der Waals surface area contributed by atoms with Crippen LogP contribution >= 0.6 is 46.0 Å². The Labute approximate surface area is 203 Å². The van der Waals surface area contributed by atoms with Crippen LogP contribution in [0, 0.1) is 10.5 Å². The molecule has 0 N–H and O–H groups in total. The van der Waals surface area contributed by atoms with Crippen LogP contribution < -0.4 is 9.64 Å². The number of carbonyl (C=O) groups is 2. The maximum atomic E-state index is 12.8. The van der Waals surface area contributed by atoms with Gasteiger partial charge in [-0.2, -0.15) is 0 Å². The fourth-order valence-corrected chi connectivity index (χ4v) is 4.78. The van der Waals surface area contributed by atoms with Crippen LogP contribution in [0.15, 0.2) is 71.6 Å². The highest BCUT2D eigenvalue weighted by Crippen LogP contribution is 2.36. The lowest BCUT2D eigenvalue weighted by Gasteiger charge is -2.12. The van der Waals surface area contributed by atoms with Gasteiger partial charge in [-0.25, -0.2) is 4.90 Å². The third kappa shape index (κ3) is 5.14. The molecule has 2 amide bonds. The number of halogens is 2. The minimum atomic E-state index is -0.341. The van der Waals surface area contributed by atoms with E-state index >= 15 is 0 Å². The molecule has 0 bridgehead atoms. The van der Waals surface area contributed by atoms with E-state index in [1.54, 1.807) is 30.3 Å². The molecule has 1 aliphatic heterocycles. The predicted octanol–water partition coefficient (Wildman–Crippen LogP) is 7.07. The molecule has 0 aliphatic carbocycles. The number of thioether (sulfide) groups is 1. The van der Waals surface area contributed by atoms with Gasteiger partial charge in [-0.15, -0.1) is 0 Å². The highest BCUT2D eigenvalue weighted by molar-refractivity contribution is 14.1. The maximum absolute atomic E-state index is 12.8. The summed E-state index contributed by atoms with van der Waals surface area (Å²) in [5.41, 5.74) is 3.63. The van der Waals surface area contributed by atoms with Gasteiger partial charge >= 0.3 is 0 Å². The SMILES string of the molecule is Cc1cccc(COc2ccc(/C=C3/SC(=O)N(c4ccc(Cl)cc4)C3=O)cc2I)c1. The first kappa shape index (κ1) is 21.9. The summed E-state index contributed by atoms with van der Waals surface area (Å²) in [4.78, 5) is 26.8. The number of amides is 2. The van der Waals surface area contributed by atoms with Crippen molar-refractivity contribution in [3.05, 3.63) is 96.9 Å². The molecule has 0 spiro atoms. The summed E-state index contributed by atoms with van der Waals surface area (Å²) >= 11 is 9.04. The molecule has 3 aromatic carbocycles. The number of hydrogen-bond acceptors (Lipinski definition) is 4. The van der Waals surface area contributed by atoms with Crippen molar-refractivity contribution in [3.8, 4) is 5.75 Å². The first-order valence-corrected chi connectivity index (χ1v) is 11.7. The molecule has 0 unspecified atom stereocenters. The Morgan fingerprint density at radius 2 is 1.84 bits per heavy atom. The fraction of sp³-hybridized carbons (Fsp3) is 0.0833. The zero-order valence-corrected chi connectivity index (χ0v) is 20.2. The zero-order chi connectivity index (χ0) is 22.0. The van der Waals surface area contributed by atoms with E-state index < -0.39 is 0 Å². The lowest BCUT2D eigenvalue weighted by Crippen LogP contribution is -2.27. The van der Waals surface area contributed by atoms with E-state index in [1.165, 1.54) is 5.56 Å². The van der Waals surface area contributed by atoms with Gasteiger partial charge in [0, 0.05) is 5.02 Å². The topological polar surface area (TPSA) is 46.6 Å². The maximum Gasteiger partial charge on any atom is 0.298 e. The number of nitrogens with zero attached hydrogens (tertiary/aromatic N) is 1. The van der Waals surface area contributed by atoms with Gasteiger partial charge < -0.3 is 4.74 Å². The molecular formula is C24H17ClINO3S. The molecule has 4 nitrogen and oxygen atoms in total. The number of rotatable bonds is 5. The van der Waals surface area contributed by atoms with Crippen molar-refractivity contribution < 1.29 is 14.3 Å². The van der Waals surface area contributed by atoms with E-state index in [0.717, 1.165) is 37.1 Å². The Hall–Kier alpha value is -2.29. The van der Waals surface area contributed by atoms with Gasteiger partial charge in [-0.05, 0) is 94.9 Å². The number of anilines is 1. The number of imide groups is 1. The van der Waals surface area contributed by atoms with E-state index in [9.17, 15) is 9.59 Å². The number of aryl methyl sites for hydroxylation is 1. The second kappa shape index (κ2) is 9.46. The van der Waals surface area contributed by atoms with Gasteiger partial charge in [0.2, 0.25) is 0 Å². The molecule has 1 fully saturated rings. The van der Waals surface area contributed by atoms with E-state index in [1.807, 2.05) is 30.3 Å². The summed E-state index contributed by atoms with van der Waals surface area (Å²) in [7, 11) is 0. The van der Waals surface area contributed by atoms with Gasteiger partial charge in [0.25, 0.3) is 11.1 Å². The number of ether oxygens (including phenoxy) is 1. The van der Waals surface area contributed by atoms with Crippen molar-refractivity contribution >= 4 is 68.9 Å². The molecule has 0 aromatic heterocycles. The largest absolute Gasteiger partial charge is 0.488 e. The molecule has 3 aromatic rings. The van der Waals surface area contributed by atoms with Crippen LogP contribution in [0.25, 0.3) is 6.08 Å². The van der Waals surface area contributed by atoms with Gasteiger partial charge in [0.15, 0.2) is 0 Å². The van der Waals surface area contributed by atoms with E-state index in [4.69, 9.17) is 16.3 Å². The van der Waals surface area contributed by atoms with Crippen LogP contribution in [-0.4, -0.2) is 11.1 Å². The third-order valence-corrected chi connectivity index (χ3v) is 6.57. The molecule has 0 saturated carbocycles. The quantitative estimate of drug-likeness (QED) is 0.247. The van der Waals surface area contributed by atoms with Gasteiger partial charge in [0.1, 0.15) is 12.4 Å². The highest BCUT2D eigenvalue weighted by atomic mass is 127. The van der Waals surface area contributed by atoms with Gasteiger partial charge in [-0.1, -0.05) is 47.5 Å². The molecule has 0 radical (unpaired) electrons. The predicted molar refractivity (Wildman–Crippen MR) is 135 cm³/mol. The fourth-order valence-electron chi connectivity index (χ4n) is 3.12. The number of benzene rings is 3. The molecule has 0 atom stereocenters. The lowest BCUT2D eigenvalue weighted by molar-refractivity contribution is -0.113. The van der Waals surface area contributed by atoms with Crippen molar-refractivity contribution in [1.29, 1.82) is 0 Å². The summed E-state index contributed by atoms with van der Waals surface area (Å²) in [5, 5.41) is 0.219. The summed E-state index contributed by atoms with van der Waals surface area (Å²) in [6.07, 6.45) is 1.73. The van der Waals surface area contributed by atoms with Crippen LogP contribution in [0.1, 0.15) is 16.7 Å². The monoisotopic (exact) mass is 561 g/mol. The Bertz CT molecular complexity index is 1190. The smallest absolute Gasteiger partial charge is 0.298 e. The average Bonchev–Trinajstić information content (AvgIpc) is 3.01. The summed E-state index contributed by atoms with van der Waals surface area (Å²) in [6, 6.07) is 20.5. The number of carbonyl (C=O) groups excluding carboxylic acids is 2. The minimum absolute atomic E-state index is 0.327. The van der Waals surface area contributed by atoms with Crippen molar-refractivity contribution in [2.45, 2.75) is 13.5 Å². The lowest BCUT2D eigenvalue weighted by atomic mass is 10.1.